The van der Waals surface area contributed by atoms with Crippen LogP contribution < -0.4 is 5.32 Å². The summed E-state index contributed by atoms with van der Waals surface area (Å²) in [7, 11) is 1.24. The average Bonchev–Trinajstić information content (AvgIpc) is 3.13. The van der Waals surface area contributed by atoms with Crippen LogP contribution in [0.2, 0.25) is 0 Å². The van der Waals surface area contributed by atoms with Crippen LogP contribution >= 0.6 is 0 Å². The predicted octanol–water partition coefficient (Wildman–Crippen LogP) is 1.89. The molecule has 1 unspecified atom stereocenters. The molecule has 0 aromatic heterocycles. The topological polar surface area (TPSA) is 133 Å². The number of esters is 1. The number of rotatable bonds is 12. The van der Waals surface area contributed by atoms with Crippen molar-refractivity contribution in [3.63, 3.8) is 0 Å². The van der Waals surface area contributed by atoms with Crippen molar-refractivity contribution in [2.75, 3.05) is 13.7 Å². The highest BCUT2D eigenvalue weighted by molar-refractivity contribution is 5.89. The molecule has 3 atom stereocenters. The van der Waals surface area contributed by atoms with Crippen LogP contribution in [0.25, 0.3) is 0 Å². The zero-order valence-corrected chi connectivity index (χ0v) is 18.6. The molecule has 3 N–H and O–H groups in total. The van der Waals surface area contributed by atoms with Crippen LogP contribution in [0.4, 0.5) is 0 Å². The molecule has 1 amide bonds. The highest BCUT2D eigenvalue weighted by atomic mass is 16.5. The number of carboxylic acid groups (broad SMARTS) is 2. The Balaban J connectivity index is 3.24. The van der Waals surface area contributed by atoms with E-state index < -0.39 is 41.4 Å². The number of nitrogens with one attached hydrogen (secondary N) is 1. The number of carboxylic acids is 2. The highest BCUT2D eigenvalue weighted by Crippen LogP contribution is 2.27. The summed E-state index contributed by atoms with van der Waals surface area (Å²) in [5.41, 5.74) is -1.50. The normalized spacial score (nSPS) is 19.6. The van der Waals surface area contributed by atoms with Crippen LogP contribution in [0.15, 0.2) is 0 Å². The molecule has 9 nitrogen and oxygen atoms in total. The van der Waals surface area contributed by atoms with E-state index >= 15 is 0 Å². The second-order valence-corrected chi connectivity index (χ2v) is 8.92. The Bertz CT molecular complexity index is 635. The van der Waals surface area contributed by atoms with E-state index in [1.165, 1.54) is 12.0 Å². The summed E-state index contributed by atoms with van der Waals surface area (Å²) < 4.78 is 4.67. The molecule has 0 aliphatic carbocycles. The van der Waals surface area contributed by atoms with Crippen LogP contribution in [-0.4, -0.2) is 70.2 Å². The first-order valence-electron chi connectivity index (χ1n) is 10.5. The van der Waals surface area contributed by atoms with Gasteiger partial charge in [0.15, 0.2) is 0 Å². The number of hydrogen-bond donors (Lipinski definition) is 3. The van der Waals surface area contributed by atoms with Gasteiger partial charge in [0.1, 0.15) is 11.6 Å². The maximum absolute atomic E-state index is 13.3. The van der Waals surface area contributed by atoms with Gasteiger partial charge < -0.3 is 19.8 Å². The number of aliphatic carboxylic acids is 2. The van der Waals surface area contributed by atoms with Gasteiger partial charge in [-0.25, -0.2) is 4.79 Å². The van der Waals surface area contributed by atoms with Crippen molar-refractivity contribution in [1.82, 2.24) is 10.2 Å². The zero-order valence-electron chi connectivity index (χ0n) is 18.6. The number of likely N-dealkylation sites (tertiary alicyclic amines) is 1. The van der Waals surface area contributed by atoms with Crippen LogP contribution in [0.5, 0.6) is 0 Å². The Morgan fingerprint density at radius 2 is 1.77 bits per heavy atom. The quantitative estimate of drug-likeness (QED) is 0.401. The molecule has 1 aliphatic heterocycles. The molecule has 0 aromatic carbocycles. The Morgan fingerprint density at radius 3 is 2.23 bits per heavy atom. The number of carbonyl (C=O) groups excluding carboxylic acids is 2. The zero-order chi connectivity index (χ0) is 23.1. The van der Waals surface area contributed by atoms with Gasteiger partial charge in [0, 0.05) is 13.0 Å². The molecule has 0 spiro atoms. The first-order valence-corrected chi connectivity index (χ1v) is 10.5. The number of methoxy groups -OCH3 is 1. The van der Waals surface area contributed by atoms with Gasteiger partial charge in [-0.1, -0.05) is 27.7 Å². The molecule has 9 heteroatoms. The van der Waals surface area contributed by atoms with Crippen LogP contribution in [0, 0.1) is 11.8 Å². The van der Waals surface area contributed by atoms with Gasteiger partial charge in [0.25, 0.3) is 0 Å². The maximum Gasteiger partial charge on any atom is 0.326 e. The standard InChI is InChI=1S/C21H36N2O7/c1-13(2)11-15(18(25)23-10-6-7-16(23)19(26)27)22-21(20(28)29,12-14(3)4)9-8-17(24)30-5/h13-16,22H,6-12H2,1-5H3,(H,26,27)(H,28,29)/t15-,16-,21?/m0/s1. The summed E-state index contributed by atoms with van der Waals surface area (Å²) in [5, 5.41) is 22.6. The summed E-state index contributed by atoms with van der Waals surface area (Å²) in [4.78, 5) is 50.3. The van der Waals surface area contributed by atoms with Gasteiger partial charge in [0.2, 0.25) is 5.91 Å². The highest BCUT2D eigenvalue weighted by Gasteiger charge is 2.45. The van der Waals surface area contributed by atoms with Gasteiger partial charge in [0.05, 0.1) is 13.2 Å². The molecule has 0 bridgehead atoms. The van der Waals surface area contributed by atoms with E-state index in [9.17, 15) is 29.4 Å². The third-order valence-electron chi connectivity index (χ3n) is 5.43. The lowest BCUT2D eigenvalue weighted by atomic mass is 9.83. The second-order valence-electron chi connectivity index (χ2n) is 8.92. The Kier molecular flexibility index (Phi) is 9.74. The average molecular weight is 429 g/mol. The Morgan fingerprint density at radius 1 is 1.13 bits per heavy atom. The van der Waals surface area contributed by atoms with Crippen molar-refractivity contribution in [1.29, 1.82) is 0 Å². The molecular formula is C21H36N2O7. The molecule has 0 aromatic rings. The third-order valence-corrected chi connectivity index (χ3v) is 5.43. The first kappa shape index (κ1) is 25.9. The Labute approximate surface area is 178 Å². The summed E-state index contributed by atoms with van der Waals surface area (Å²) in [5.74, 6) is -3.06. The minimum Gasteiger partial charge on any atom is -0.480 e. The van der Waals surface area contributed by atoms with E-state index in [1.807, 2.05) is 27.7 Å². The molecule has 1 saturated heterocycles. The number of hydrogen-bond acceptors (Lipinski definition) is 6. The lowest BCUT2D eigenvalue weighted by molar-refractivity contribution is -0.152. The van der Waals surface area contributed by atoms with Gasteiger partial charge in [-0.2, -0.15) is 0 Å². The smallest absolute Gasteiger partial charge is 0.326 e. The summed E-state index contributed by atoms with van der Waals surface area (Å²) in [6, 6.07) is -1.76. The molecule has 1 rings (SSSR count). The molecular weight excluding hydrogens is 392 g/mol. The van der Waals surface area contributed by atoms with Crippen molar-refractivity contribution in [3.8, 4) is 0 Å². The predicted molar refractivity (Wildman–Crippen MR) is 110 cm³/mol. The largest absolute Gasteiger partial charge is 0.480 e. The molecule has 172 valence electrons. The number of amides is 1. The van der Waals surface area contributed by atoms with E-state index in [1.54, 1.807) is 0 Å². The molecule has 30 heavy (non-hydrogen) atoms. The van der Waals surface area contributed by atoms with Crippen LogP contribution in [0.1, 0.15) is 66.2 Å². The molecule has 1 aliphatic rings. The van der Waals surface area contributed by atoms with Gasteiger partial charge in [-0.05, 0) is 43.9 Å². The van der Waals surface area contributed by atoms with Crippen LogP contribution in [0.3, 0.4) is 0 Å². The fourth-order valence-corrected chi connectivity index (χ4v) is 4.12. The summed E-state index contributed by atoms with van der Waals surface area (Å²) in [6.07, 6.45) is 1.41. The van der Waals surface area contributed by atoms with E-state index in [0.717, 1.165) is 0 Å². The SMILES string of the molecule is COC(=O)CCC(CC(C)C)(N[C@@H](CC(C)C)C(=O)N1CCC[C@H]1C(=O)O)C(=O)O. The van der Waals surface area contributed by atoms with Crippen molar-refractivity contribution in [3.05, 3.63) is 0 Å². The third kappa shape index (κ3) is 6.97. The van der Waals surface area contributed by atoms with E-state index in [0.29, 0.717) is 25.8 Å². The van der Waals surface area contributed by atoms with Crippen molar-refractivity contribution in [2.24, 2.45) is 11.8 Å². The summed E-state index contributed by atoms with van der Waals surface area (Å²) in [6.45, 7) is 7.91. The van der Waals surface area contributed by atoms with Crippen molar-refractivity contribution >= 4 is 23.8 Å². The van der Waals surface area contributed by atoms with Crippen molar-refractivity contribution < 1.29 is 34.1 Å². The van der Waals surface area contributed by atoms with Crippen molar-refractivity contribution in [2.45, 2.75) is 83.8 Å². The fraction of sp³-hybridized carbons (Fsp3) is 0.810. The number of ether oxygens (including phenoxy) is 1. The minimum atomic E-state index is -1.50. The molecule has 1 fully saturated rings. The second kappa shape index (κ2) is 11.3. The first-order chi connectivity index (χ1) is 13.9. The fourth-order valence-electron chi connectivity index (χ4n) is 4.12. The summed E-state index contributed by atoms with van der Waals surface area (Å²) >= 11 is 0. The van der Waals surface area contributed by atoms with E-state index in [2.05, 4.69) is 10.1 Å². The van der Waals surface area contributed by atoms with Gasteiger partial charge in [-0.15, -0.1) is 0 Å². The number of nitrogens with zero attached hydrogens (tertiary/aromatic N) is 1. The monoisotopic (exact) mass is 428 g/mol. The lowest BCUT2D eigenvalue weighted by Gasteiger charge is -2.38. The maximum atomic E-state index is 13.3. The molecule has 0 radical (unpaired) electrons. The minimum absolute atomic E-state index is 0.0143. The number of carbonyl (C=O) groups is 4. The lowest BCUT2D eigenvalue weighted by Crippen LogP contribution is -2.61. The Hall–Kier alpha value is -2.16. The van der Waals surface area contributed by atoms with E-state index in [-0.39, 0.29) is 31.1 Å². The van der Waals surface area contributed by atoms with Gasteiger partial charge in [-0.3, -0.25) is 19.7 Å². The van der Waals surface area contributed by atoms with E-state index in [4.69, 9.17) is 0 Å². The van der Waals surface area contributed by atoms with Crippen LogP contribution in [-0.2, 0) is 23.9 Å². The molecule has 1 heterocycles. The van der Waals surface area contributed by atoms with Gasteiger partial charge >= 0.3 is 17.9 Å². The molecule has 0 saturated carbocycles.